The molecule has 1 saturated carbocycles. The first kappa shape index (κ1) is 9.18. The van der Waals surface area contributed by atoms with Crippen molar-refractivity contribution in [3.63, 3.8) is 0 Å². The second-order valence-corrected chi connectivity index (χ2v) is 3.63. The summed E-state index contributed by atoms with van der Waals surface area (Å²) in [7, 11) is 0. The van der Waals surface area contributed by atoms with E-state index in [4.69, 9.17) is 5.73 Å². The van der Waals surface area contributed by atoms with Gasteiger partial charge in [-0.2, -0.15) is 0 Å². The molecule has 1 aliphatic carbocycles. The van der Waals surface area contributed by atoms with Crippen LogP contribution in [0.2, 0.25) is 0 Å². The molecule has 1 aromatic heterocycles. The monoisotopic (exact) mass is 194 g/mol. The highest BCUT2D eigenvalue weighted by molar-refractivity contribution is 5.92. The third-order valence-electron chi connectivity index (χ3n) is 2.80. The number of nitrogens with zero attached hydrogens (tertiary/aromatic N) is 3. The van der Waals surface area contributed by atoms with Crippen molar-refractivity contribution in [3.8, 4) is 0 Å². The van der Waals surface area contributed by atoms with Crippen LogP contribution in [0.25, 0.3) is 0 Å². The van der Waals surface area contributed by atoms with Crippen LogP contribution in [-0.2, 0) is 6.54 Å². The number of amides is 1. The first-order chi connectivity index (χ1) is 6.74. The van der Waals surface area contributed by atoms with E-state index in [9.17, 15) is 4.79 Å². The molecular weight excluding hydrogens is 180 g/mol. The highest BCUT2D eigenvalue weighted by atomic mass is 16.1. The average molecular weight is 194 g/mol. The van der Waals surface area contributed by atoms with Crippen LogP contribution in [0.3, 0.4) is 0 Å². The van der Waals surface area contributed by atoms with Gasteiger partial charge in [0.1, 0.15) is 0 Å². The number of hydrogen-bond donors (Lipinski definition) is 1. The van der Waals surface area contributed by atoms with Crippen LogP contribution in [0.15, 0.2) is 0 Å². The Labute approximate surface area is 82.3 Å². The van der Waals surface area contributed by atoms with E-state index in [2.05, 4.69) is 10.3 Å². The van der Waals surface area contributed by atoms with Crippen LogP contribution >= 0.6 is 0 Å². The minimum atomic E-state index is -0.466. The molecule has 0 radical (unpaired) electrons. The molecule has 0 aromatic carbocycles. The lowest BCUT2D eigenvalue weighted by Gasteiger charge is -2.25. The number of carbonyl (C=O) groups excluding carboxylic acids is 1. The van der Waals surface area contributed by atoms with Crippen LogP contribution in [0.5, 0.6) is 0 Å². The Balaban J connectivity index is 2.40. The highest BCUT2D eigenvalue weighted by Crippen LogP contribution is 2.37. The summed E-state index contributed by atoms with van der Waals surface area (Å²) in [5.74, 6) is -0.0287. The van der Waals surface area contributed by atoms with Crippen molar-refractivity contribution < 1.29 is 4.79 Å². The Morgan fingerprint density at radius 1 is 1.64 bits per heavy atom. The van der Waals surface area contributed by atoms with Gasteiger partial charge < -0.3 is 5.73 Å². The van der Waals surface area contributed by atoms with Crippen molar-refractivity contribution >= 4 is 5.91 Å². The van der Waals surface area contributed by atoms with Crippen molar-refractivity contribution in [2.24, 2.45) is 5.73 Å². The molecule has 0 spiro atoms. The SMILES string of the molecule is CCn1nnc(C(N)=O)c1C1CCC1. The number of primary amides is 1. The Bertz CT molecular complexity index is 354. The molecule has 5 heteroatoms. The molecule has 5 nitrogen and oxygen atoms in total. The summed E-state index contributed by atoms with van der Waals surface area (Å²) in [6.45, 7) is 2.73. The van der Waals surface area contributed by atoms with Crippen LogP contribution in [0, 0.1) is 0 Å². The van der Waals surface area contributed by atoms with Crippen LogP contribution in [0.1, 0.15) is 48.3 Å². The number of carbonyl (C=O) groups is 1. The van der Waals surface area contributed by atoms with Gasteiger partial charge in [0.15, 0.2) is 5.69 Å². The summed E-state index contributed by atoms with van der Waals surface area (Å²) >= 11 is 0. The summed E-state index contributed by atoms with van der Waals surface area (Å²) in [6, 6.07) is 0. The molecule has 2 N–H and O–H groups in total. The molecule has 0 unspecified atom stereocenters. The fourth-order valence-corrected chi connectivity index (χ4v) is 1.82. The maximum absolute atomic E-state index is 11.1. The van der Waals surface area contributed by atoms with Gasteiger partial charge in [-0.15, -0.1) is 5.10 Å². The molecule has 0 saturated heterocycles. The van der Waals surface area contributed by atoms with E-state index in [0.717, 1.165) is 25.1 Å². The Hall–Kier alpha value is -1.39. The Kier molecular flexibility index (Phi) is 2.23. The smallest absolute Gasteiger partial charge is 0.271 e. The normalized spacial score (nSPS) is 16.6. The van der Waals surface area contributed by atoms with Crippen molar-refractivity contribution in [1.29, 1.82) is 0 Å². The lowest BCUT2D eigenvalue weighted by Crippen LogP contribution is -2.21. The van der Waals surface area contributed by atoms with Gasteiger partial charge in [0.2, 0.25) is 0 Å². The molecule has 0 aliphatic heterocycles. The van der Waals surface area contributed by atoms with Gasteiger partial charge in [-0.1, -0.05) is 11.6 Å². The standard InChI is InChI=1S/C9H14N4O/c1-2-13-8(6-4-3-5-6)7(9(10)14)11-12-13/h6H,2-5H2,1H3,(H2,10,14). The predicted molar refractivity (Wildman–Crippen MR) is 50.8 cm³/mol. The molecule has 0 atom stereocenters. The maximum Gasteiger partial charge on any atom is 0.271 e. The molecule has 14 heavy (non-hydrogen) atoms. The average Bonchev–Trinajstić information content (AvgIpc) is 2.45. The van der Waals surface area contributed by atoms with Gasteiger partial charge in [-0.25, -0.2) is 4.68 Å². The molecule has 0 bridgehead atoms. The number of hydrogen-bond acceptors (Lipinski definition) is 3. The van der Waals surface area contributed by atoms with Gasteiger partial charge in [0, 0.05) is 12.5 Å². The molecule has 1 aliphatic rings. The first-order valence-electron chi connectivity index (χ1n) is 4.97. The number of aromatic nitrogens is 3. The summed E-state index contributed by atoms with van der Waals surface area (Å²) < 4.78 is 1.78. The summed E-state index contributed by atoms with van der Waals surface area (Å²) in [4.78, 5) is 11.1. The van der Waals surface area contributed by atoms with Crippen molar-refractivity contribution in [3.05, 3.63) is 11.4 Å². The van der Waals surface area contributed by atoms with E-state index in [1.807, 2.05) is 6.92 Å². The van der Waals surface area contributed by atoms with Gasteiger partial charge in [-0.05, 0) is 19.8 Å². The molecule has 2 rings (SSSR count). The Morgan fingerprint density at radius 3 is 2.79 bits per heavy atom. The summed E-state index contributed by atoms with van der Waals surface area (Å²) in [5, 5.41) is 7.75. The van der Waals surface area contributed by atoms with E-state index in [0.29, 0.717) is 11.6 Å². The lowest BCUT2D eigenvalue weighted by atomic mass is 9.82. The zero-order valence-electron chi connectivity index (χ0n) is 8.23. The highest BCUT2D eigenvalue weighted by Gasteiger charge is 2.29. The molecule has 1 heterocycles. The topological polar surface area (TPSA) is 73.8 Å². The lowest BCUT2D eigenvalue weighted by molar-refractivity contribution is 0.0993. The van der Waals surface area contributed by atoms with E-state index in [1.165, 1.54) is 6.42 Å². The Morgan fingerprint density at radius 2 is 2.36 bits per heavy atom. The van der Waals surface area contributed by atoms with Crippen LogP contribution in [0.4, 0.5) is 0 Å². The zero-order chi connectivity index (χ0) is 10.1. The fraction of sp³-hybridized carbons (Fsp3) is 0.667. The van der Waals surface area contributed by atoms with Gasteiger partial charge in [0.05, 0.1) is 5.69 Å². The maximum atomic E-state index is 11.1. The molecular formula is C9H14N4O. The van der Waals surface area contributed by atoms with E-state index in [1.54, 1.807) is 4.68 Å². The minimum Gasteiger partial charge on any atom is -0.364 e. The number of rotatable bonds is 3. The fourth-order valence-electron chi connectivity index (χ4n) is 1.82. The predicted octanol–water partition coefficient (Wildman–Crippen LogP) is 0.664. The van der Waals surface area contributed by atoms with Crippen molar-refractivity contribution in [2.45, 2.75) is 38.6 Å². The van der Waals surface area contributed by atoms with E-state index in [-0.39, 0.29) is 0 Å². The summed E-state index contributed by atoms with van der Waals surface area (Å²) in [6.07, 6.45) is 3.46. The molecule has 76 valence electrons. The van der Waals surface area contributed by atoms with Gasteiger partial charge in [0.25, 0.3) is 5.91 Å². The second-order valence-electron chi connectivity index (χ2n) is 3.63. The summed E-state index contributed by atoms with van der Waals surface area (Å²) in [5.41, 5.74) is 6.54. The third-order valence-corrected chi connectivity index (χ3v) is 2.80. The van der Waals surface area contributed by atoms with Crippen LogP contribution in [-0.4, -0.2) is 20.9 Å². The van der Waals surface area contributed by atoms with E-state index >= 15 is 0 Å². The number of aryl methyl sites for hydroxylation is 1. The third kappa shape index (κ3) is 1.29. The minimum absolute atomic E-state index is 0.358. The zero-order valence-corrected chi connectivity index (χ0v) is 8.23. The molecule has 1 aromatic rings. The second kappa shape index (κ2) is 3.40. The number of nitrogens with two attached hydrogens (primary N) is 1. The quantitative estimate of drug-likeness (QED) is 0.768. The van der Waals surface area contributed by atoms with Crippen molar-refractivity contribution in [1.82, 2.24) is 15.0 Å². The molecule has 1 fully saturated rings. The van der Waals surface area contributed by atoms with E-state index < -0.39 is 5.91 Å². The van der Waals surface area contributed by atoms with Gasteiger partial charge in [-0.3, -0.25) is 4.79 Å². The van der Waals surface area contributed by atoms with Crippen molar-refractivity contribution in [2.75, 3.05) is 0 Å². The molecule has 1 amide bonds. The first-order valence-corrected chi connectivity index (χ1v) is 4.97. The van der Waals surface area contributed by atoms with Gasteiger partial charge >= 0.3 is 0 Å². The van der Waals surface area contributed by atoms with Crippen LogP contribution < -0.4 is 5.73 Å². The largest absolute Gasteiger partial charge is 0.364 e.